The van der Waals surface area contributed by atoms with Gasteiger partial charge in [0.2, 0.25) is 0 Å². The number of halogens is 2. The van der Waals surface area contributed by atoms with E-state index in [-0.39, 0.29) is 0 Å². The molecule has 0 radical (unpaired) electrons. The summed E-state index contributed by atoms with van der Waals surface area (Å²) in [7, 11) is 0. The van der Waals surface area contributed by atoms with Crippen LogP contribution in [0.5, 0.6) is 0 Å². The molecule has 1 aliphatic heterocycles. The van der Waals surface area contributed by atoms with Gasteiger partial charge >= 0.3 is 0 Å². The predicted octanol–water partition coefficient (Wildman–Crippen LogP) is 4.02. The minimum Gasteiger partial charge on any atom is -0.394 e. The number of rotatable bonds is 2. The van der Waals surface area contributed by atoms with Gasteiger partial charge in [0, 0.05) is 18.7 Å². The fourth-order valence-corrected chi connectivity index (χ4v) is 2.92. The highest BCUT2D eigenvalue weighted by Crippen LogP contribution is 2.34. The molecule has 0 spiro atoms. The Morgan fingerprint density at radius 1 is 1.00 bits per heavy atom. The zero-order valence-electron chi connectivity index (χ0n) is 11.5. The van der Waals surface area contributed by atoms with Crippen molar-refractivity contribution < 1.29 is 0 Å². The van der Waals surface area contributed by atoms with Gasteiger partial charge < -0.3 is 10.6 Å². The van der Waals surface area contributed by atoms with Gasteiger partial charge in [0.1, 0.15) is 12.0 Å². The number of piperidine rings is 1. The molecule has 0 bridgehead atoms. The van der Waals surface area contributed by atoms with Crippen LogP contribution in [0.2, 0.25) is 10.0 Å². The molecular formula is C15H16Cl2N4. The predicted molar refractivity (Wildman–Crippen MR) is 88.0 cm³/mol. The van der Waals surface area contributed by atoms with E-state index in [1.165, 1.54) is 19.3 Å². The number of aromatic nitrogens is 2. The number of nitrogens with two attached hydrogens (primary N) is 1. The molecule has 4 nitrogen and oxygen atoms in total. The van der Waals surface area contributed by atoms with E-state index >= 15 is 0 Å². The first kappa shape index (κ1) is 14.4. The lowest BCUT2D eigenvalue weighted by Crippen LogP contribution is -2.31. The van der Waals surface area contributed by atoms with Crippen molar-refractivity contribution >= 4 is 34.7 Å². The second-order valence-corrected chi connectivity index (χ2v) is 5.95. The molecule has 0 saturated carbocycles. The molecule has 1 saturated heterocycles. The molecule has 1 aromatic carbocycles. The maximum atomic E-state index is 6.29. The average Bonchev–Trinajstić information content (AvgIpc) is 2.51. The molecule has 1 fully saturated rings. The Morgan fingerprint density at radius 3 is 2.48 bits per heavy atom. The number of hydrogen-bond donors (Lipinski definition) is 1. The molecule has 2 aromatic rings. The average molecular weight is 323 g/mol. The summed E-state index contributed by atoms with van der Waals surface area (Å²) in [6.45, 7) is 1.98. The molecule has 3 rings (SSSR count). The van der Waals surface area contributed by atoms with E-state index in [4.69, 9.17) is 28.9 Å². The number of anilines is 2. The molecule has 0 amide bonds. The zero-order chi connectivity index (χ0) is 14.8. The van der Waals surface area contributed by atoms with Crippen molar-refractivity contribution in [1.82, 2.24) is 9.97 Å². The topological polar surface area (TPSA) is 55.0 Å². The summed E-state index contributed by atoms with van der Waals surface area (Å²) in [5.74, 6) is 0.811. The number of nitrogen functional groups attached to an aromatic ring is 1. The van der Waals surface area contributed by atoms with Crippen LogP contribution in [0.25, 0.3) is 11.3 Å². The van der Waals surface area contributed by atoms with Crippen LogP contribution in [0.3, 0.4) is 0 Å². The van der Waals surface area contributed by atoms with E-state index in [1.54, 1.807) is 18.5 Å². The first-order valence-electron chi connectivity index (χ1n) is 6.97. The lowest BCUT2D eigenvalue weighted by molar-refractivity contribution is 0.573. The number of hydrogen-bond acceptors (Lipinski definition) is 4. The highest BCUT2D eigenvalue weighted by molar-refractivity contribution is 6.42. The van der Waals surface area contributed by atoms with E-state index in [0.29, 0.717) is 21.4 Å². The van der Waals surface area contributed by atoms with Crippen LogP contribution in [-0.2, 0) is 0 Å². The van der Waals surface area contributed by atoms with Crippen molar-refractivity contribution in [1.29, 1.82) is 0 Å². The van der Waals surface area contributed by atoms with E-state index in [9.17, 15) is 0 Å². The Kier molecular flexibility index (Phi) is 4.17. The van der Waals surface area contributed by atoms with E-state index in [1.807, 2.05) is 6.07 Å². The maximum Gasteiger partial charge on any atom is 0.155 e. The summed E-state index contributed by atoms with van der Waals surface area (Å²) in [6.07, 6.45) is 5.16. The van der Waals surface area contributed by atoms with Gasteiger partial charge in [-0.2, -0.15) is 0 Å². The summed E-state index contributed by atoms with van der Waals surface area (Å²) < 4.78 is 0. The number of benzene rings is 1. The van der Waals surface area contributed by atoms with Gasteiger partial charge in [-0.3, -0.25) is 0 Å². The van der Waals surface area contributed by atoms with Crippen LogP contribution in [0.15, 0.2) is 24.5 Å². The van der Waals surface area contributed by atoms with Crippen molar-refractivity contribution in [2.24, 2.45) is 0 Å². The SMILES string of the molecule is Nc1c(-c2ccc(Cl)c(Cl)c2)ncnc1N1CCCCC1. The molecule has 2 N–H and O–H groups in total. The Hall–Kier alpha value is -1.52. The lowest BCUT2D eigenvalue weighted by atomic mass is 10.1. The molecule has 6 heteroatoms. The molecule has 1 aliphatic rings. The first-order chi connectivity index (χ1) is 10.2. The molecule has 1 aromatic heterocycles. The summed E-state index contributed by atoms with van der Waals surface area (Å²) in [6, 6.07) is 5.40. The molecule has 110 valence electrons. The van der Waals surface area contributed by atoms with E-state index < -0.39 is 0 Å². The van der Waals surface area contributed by atoms with Gasteiger partial charge in [-0.15, -0.1) is 0 Å². The van der Waals surface area contributed by atoms with Gasteiger partial charge in [0.15, 0.2) is 5.82 Å². The highest BCUT2D eigenvalue weighted by atomic mass is 35.5. The summed E-state index contributed by atoms with van der Waals surface area (Å²) >= 11 is 12.0. The second kappa shape index (κ2) is 6.08. The fourth-order valence-electron chi connectivity index (χ4n) is 2.62. The monoisotopic (exact) mass is 322 g/mol. The minimum absolute atomic E-state index is 0.492. The molecule has 0 unspecified atom stereocenters. The molecule has 0 atom stereocenters. The van der Waals surface area contributed by atoms with E-state index in [0.717, 1.165) is 24.5 Å². The maximum absolute atomic E-state index is 6.29. The minimum atomic E-state index is 0.492. The van der Waals surface area contributed by atoms with Gasteiger partial charge in [0.05, 0.1) is 15.7 Å². The molecule has 21 heavy (non-hydrogen) atoms. The van der Waals surface area contributed by atoms with Crippen LogP contribution in [0.4, 0.5) is 11.5 Å². The Bertz CT molecular complexity index is 654. The summed E-state index contributed by atoms with van der Waals surface area (Å²) in [5, 5.41) is 1.01. The van der Waals surface area contributed by atoms with Gasteiger partial charge in [-0.25, -0.2) is 9.97 Å². The number of nitrogens with zero attached hydrogens (tertiary/aromatic N) is 3. The Balaban J connectivity index is 2.01. The molecular weight excluding hydrogens is 307 g/mol. The second-order valence-electron chi connectivity index (χ2n) is 5.14. The fraction of sp³-hybridized carbons (Fsp3) is 0.333. The van der Waals surface area contributed by atoms with Crippen LogP contribution >= 0.6 is 23.2 Å². The van der Waals surface area contributed by atoms with Crippen molar-refractivity contribution in [2.45, 2.75) is 19.3 Å². The van der Waals surface area contributed by atoms with Crippen molar-refractivity contribution in [3.63, 3.8) is 0 Å². The largest absolute Gasteiger partial charge is 0.394 e. The normalized spacial score (nSPS) is 15.2. The Morgan fingerprint density at radius 2 is 1.76 bits per heavy atom. The zero-order valence-corrected chi connectivity index (χ0v) is 13.0. The van der Waals surface area contributed by atoms with Crippen LogP contribution < -0.4 is 10.6 Å². The summed E-state index contributed by atoms with van der Waals surface area (Å²) in [5.41, 5.74) is 8.43. The van der Waals surface area contributed by atoms with E-state index in [2.05, 4.69) is 14.9 Å². The summed E-state index contributed by atoms with van der Waals surface area (Å²) in [4.78, 5) is 10.9. The smallest absolute Gasteiger partial charge is 0.155 e. The van der Waals surface area contributed by atoms with Crippen LogP contribution in [0, 0.1) is 0 Å². The molecule has 0 aliphatic carbocycles. The lowest BCUT2D eigenvalue weighted by Gasteiger charge is -2.28. The van der Waals surface area contributed by atoms with Crippen molar-refractivity contribution in [2.75, 3.05) is 23.7 Å². The standard InChI is InChI=1S/C15H16Cl2N4/c16-11-5-4-10(8-12(11)17)14-13(18)15(20-9-19-14)21-6-2-1-3-7-21/h4-5,8-9H,1-3,6-7,18H2. The quantitative estimate of drug-likeness (QED) is 0.907. The van der Waals surface area contributed by atoms with Gasteiger partial charge in [-0.1, -0.05) is 29.3 Å². The third-order valence-corrected chi connectivity index (χ3v) is 4.45. The highest BCUT2D eigenvalue weighted by Gasteiger charge is 2.18. The third kappa shape index (κ3) is 2.92. The third-order valence-electron chi connectivity index (χ3n) is 3.71. The molecule has 2 heterocycles. The van der Waals surface area contributed by atoms with Crippen molar-refractivity contribution in [3.8, 4) is 11.3 Å². The Labute approximate surface area is 133 Å². The van der Waals surface area contributed by atoms with Crippen molar-refractivity contribution in [3.05, 3.63) is 34.6 Å². The van der Waals surface area contributed by atoms with Gasteiger partial charge in [-0.05, 0) is 31.4 Å². The first-order valence-corrected chi connectivity index (χ1v) is 7.73. The van der Waals surface area contributed by atoms with Crippen LogP contribution in [-0.4, -0.2) is 23.1 Å². The van der Waals surface area contributed by atoms with Gasteiger partial charge in [0.25, 0.3) is 0 Å². The van der Waals surface area contributed by atoms with Crippen LogP contribution in [0.1, 0.15) is 19.3 Å².